The number of hydrogen-bond donors (Lipinski definition) is 0. The Morgan fingerprint density at radius 3 is 2.84 bits per heavy atom. The third-order valence-electron chi connectivity index (χ3n) is 4.01. The molecular weight excluding hydrogens is 260 g/mol. The van der Waals surface area contributed by atoms with Crippen molar-refractivity contribution in [3.63, 3.8) is 0 Å². The SMILES string of the molecule is O=C1COCCN1C1CCN(Cc2ccsc2)CC1. The molecular formula is C14H20N2O2S. The summed E-state index contributed by atoms with van der Waals surface area (Å²) in [7, 11) is 0. The van der Waals surface area contributed by atoms with Crippen molar-refractivity contribution < 1.29 is 9.53 Å². The van der Waals surface area contributed by atoms with E-state index in [1.54, 1.807) is 11.3 Å². The van der Waals surface area contributed by atoms with Gasteiger partial charge in [-0.05, 0) is 35.2 Å². The summed E-state index contributed by atoms with van der Waals surface area (Å²) < 4.78 is 5.19. The maximum Gasteiger partial charge on any atom is 0.248 e. The molecule has 104 valence electrons. The Labute approximate surface area is 118 Å². The first-order chi connectivity index (χ1) is 9.33. The van der Waals surface area contributed by atoms with Crippen molar-refractivity contribution in [3.05, 3.63) is 22.4 Å². The van der Waals surface area contributed by atoms with Gasteiger partial charge in [0.25, 0.3) is 0 Å². The molecule has 2 aliphatic rings. The van der Waals surface area contributed by atoms with E-state index in [0.29, 0.717) is 12.6 Å². The lowest BCUT2D eigenvalue weighted by atomic mass is 10.0. The zero-order chi connectivity index (χ0) is 13.1. The quantitative estimate of drug-likeness (QED) is 0.842. The fourth-order valence-corrected chi connectivity index (χ4v) is 3.61. The summed E-state index contributed by atoms with van der Waals surface area (Å²) in [6, 6.07) is 2.62. The van der Waals surface area contributed by atoms with E-state index in [1.807, 2.05) is 4.90 Å². The smallest absolute Gasteiger partial charge is 0.248 e. The lowest BCUT2D eigenvalue weighted by Gasteiger charge is -2.40. The van der Waals surface area contributed by atoms with Crippen LogP contribution in [0.3, 0.4) is 0 Å². The molecule has 0 atom stereocenters. The molecule has 2 aliphatic heterocycles. The monoisotopic (exact) mass is 280 g/mol. The van der Waals surface area contributed by atoms with E-state index in [9.17, 15) is 4.79 Å². The number of carbonyl (C=O) groups is 1. The Hall–Kier alpha value is -0.910. The number of ether oxygens (including phenoxy) is 1. The highest BCUT2D eigenvalue weighted by Crippen LogP contribution is 2.20. The van der Waals surface area contributed by atoms with Crippen molar-refractivity contribution >= 4 is 17.2 Å². The molecule has 0 unspecified atom stereocenters. The molecule has 4 nitrogen and oxygen atoms in total. The third kappa shape index (κ3) is 3.16. The lowest BCUT2D eigenvalue weighted by molar-refractivity contribution is -0.146. The maximum atomic E-state index is 11.8. The van der Waals surface area contributed by atoms with Crippen molar-refractivity contribution in [1.82, 2.24) is 9.80 Å². The van der Waals surface area contributed by atoms with Crippen LogP contribution in [-0.4, -0.2) is 54.6 Å². The number of morpholine rings is 1. The number of rotatable bonds is 3. The van der Waals surface area contributed by atoms with E-state index in [1.165, 1.54) is 5.56 Å². The molecule has 0 radical (unpaired) electrons. The molecule has 0 saturated carbocycles. The van der Waals surface area contributed by atoms with Crippen LogP contribution in [0.15, 0.2) is 16.8 Å². The number of piperidine rings is 1. The Bertz CT molecular complexity index is 413. The van der Waals surface area contributed by atoms with Gasteiger partial charge in [-0.1, -0.05) is 0 Å². The fourth-order valence-electron chi connectivity index (χ4n) is 2.95. The van der Waals surface area contributed by atoms with Crippen LogP contribution in [0, 0.1) is 0 Å². The van der Waals surface area contributed by atoms with E-state index in [-0.39, 0.29) is 12.5 Å². The zero-order valence-electron chi connectivity index (χ0n) is 11.1. The number of likely N-dealkylation sites (tertiary alicyclic amines) is 1. The summed E-state index contributed by atoms with van der Waals surface area (Å²) in [6.45, 7) is 4.97. The van der Waals surface area contributed by atoms with Crippen molar-refractivity contribution in [2.45, 2.75) is 25.4 Å². The van der Waals surface area contributed by atoms with Gasteiger partial charge in [0.05, 0.1) is 6.61 Å². The molecule has 3 heterocycles. The molecule has 2 saturated heterocycles. The van der Waals surface area contributed by atoms with Gasteiger partial charge >= 0.3 is 0 Å². The van der Waals surface area contributed by atoms with E-state index in [2.05, 4.69) is 21.7 Å². The first-order valence-corrected chi connectivity index (χ1v) is 7.88. The second-order valence-corrected chi connectivity index (χ2v) is 6.06. The Kier molecular flexibility index (Phi) is 4.15. The van der Waals surface area contributed by atoms with Crippen molar-refractivity contribution in [2.24, 2.45) is 0 Å². The van der Waals surface area contributed by atoms with Gasteiger partial charge in [-0.3, -0.25) is 9.69 Å². The molecule has 1 aromatic heterocycles. The highest BCUT2D eigenvalue weighted by Gasteiger charge is 2.29. The molecule has 5 heteroatoms. The highest BCUT2D eigenvalue weighted by atomic mass is 32.1. The second-order valence-electron chi connectivity index (χ2n) is 5.28. The highest BCUT2D eigenvalue weighted by molar-refractivity contribution is 7.07. The number of nitrogens with zero attached hydrogens (tertiary/aromatic N) is 2. The van der Waals surface area contributed by atoms with Gasteiger partial charge in [-0.25, -0.2) is 0 Å². The standard InChI is InChI=1S/C14H20N2O2S/c17-14-10-18-7-6-16(14)13-1-4-15(5-2-13)9-12-3-8-19-11-12/h3,8,11,13H,1-2,4-7,9-10H2. The normalized spacial score (nSPS) is 22.9. The van der Waals surface area contributed by atoms with Crippen LogP contribution in [0.2, 0.25) is 0 Å². The van der Waals surface area contributed by atoms with Crippen molar-refractivity contribution in [3.8, 4) is 0 Å². The summed E-state index contributed by atoms with van der Waals surface area (Å²) >= 11 is 1.76. The molecule has 0 aliphatic carbocycles. The number of amides is 1. The second kappa shape index (κ2) is 6.03. The average Bonchev–Trinajstić information content (AvgIpc) is 2.93. The number of thiophene rings is 1. The molecule has 0 N–H and O–H groups in total. The summed E-state index contributed by atoms with van der Waals surface area (Å²) in [5.41, 5.74) is 1.41. The van der Waals surface area contributed by atoms with E-state index >= 15 is 0 Å². The van der Waals surface area contributed by atoms with Gasteiger partial charge in [-0.15, -0.1) is 0 Å². The molecule has 19 heavy (non-hydrogen) atoms. The fraction of sp³-hybridized carbons (Fsp3) is 0.643. The minimum absolute atomic E-state index is 0.169. The molecule has 0 bridgehead atoms. The maximum absolute atomic E-state index is 11.8. The third-order valence-corrected chi connectivity index (χ3v) is 4.74. The van der Waals surface area contributed by atoms with Crippen LogP contribution in [0.4, 0.5) is 0 Å². The summed E-state index contributed by atoms with van der Waals surface area (Å²) in [4.78, 5) is 16.3. The molecule has 0 spiro atoms. The Morgan fingerprint density at radius 2 is 2.16 bits per heavy atom. The largest absolute Gasteiger partial charge is 0.370 e. The molecule has 2 fully saturated rings. The Morgan fingerprint density at radius 1 is 1.32 bits per heavy atom. The Balaban J connectivity index is 1.50. The number of carbonyl (C=O) groups excluding carboxylic acids is 1. The van der Waals surface area contributed by atoms with E-state index in [4.69, 9.17) is 4.74 Å². The number of hydrogen-bond acceptors (Lipinski definition) is 4. The predicted molar refractivity (Wildman–Crippen MR) is 75.2 cm³/mol. The van der Waals surface area contributed by atoms with Gasteiger partial charge in [0, 0.05) is 32.2 Å². The summed E-state index contributed by atoms with van der Waals surface area (Å²) in [6.07, 6.45) is 2.19. The van der Waals surface area contributed by atoms with Gasteiger partial charge < -0.3 is 9.64 Å². The van der Waals surface area contributed by atoms with E-state index < -0.39 is 0 Å². The van der Waals surface area contributed by atoms with Crippen LogP contribution < -0.4 is 0 Å². The lowest BCUT2D eigenvalue weighted by Crippen LogP contribution is -2.51. The van der Waals surface area contributed by atoms with E-state index in [0.717, 1.165) is 39.0 Å². The van der Waals surface area contributed by atoms with Crippen LogP contribution in [-0.2, 0) is 16.1 Å². The molecule has 1 amide bonds. The first kappa shape index (κ1) is 13.1. The van der Waals surface area contributed by atoms with Crippen LogP contribution in [0.1, 0.15) is 18.4 Å². The van der Waals surface area contributed by atoms with Gasteiger partial charge in [0.2, 0.25) is 5.91 Å². The minimum Gasteiger partial charge on any atom is -0.370 e. The summed E-state index contributed by atoms with van der Waals surface area (Å²) in [5, 5.41) is 4.35. The molecule has 0 aromatic carbocycles. The topological polar surface area (TPSA) is 32.8 Å². The minimum atomic E-state index is 0.169. The molecule has 3 rings (SSSR count). The van der Waals surface area contributed by atoms with Gasteiger partial charge in [0.1, 0.15) is 6.61 Å². The van der Waals surface area contributed by atoms with Crippen LogP contribution >= 0.6 is 11.3 Å². The van der Waals surface area contributed by atoms with Crippen LogP contribution in [0.5, 0.6) is 0 Å². The van der Waals surface area contributed by atoms with Crippen molar-refractivity contribution in [1.29, 1.82) is 0 Å². The zero-order valence-corrected chi connectivity index (χ0v) is 11.9. The van der Waals surface area contributed by atoms with Gasteiger partial charge in [0.15, 0.2) is 0 Å². The predicted octanol–water partition coefficient (Wildman–Crippen LogP) is 1.57. The molecule has 1 aromatic rings. The van der Waals surface area contributed by atoms with Crippen LogP contribution in [0.25, 0.3) is 0 Å². The van der Waals surface area contributed by atoms with Gasteiger partial charge in [-0.2, -0.15) is 11.3 Å². The first-order valence-electron chi connectivity index (χ1n) is 6.93. The van der Waals surface area contributed by atoms with Crippen molar-refractivity contribution in [2.75, 3.05) is 32.8 Å². The average molecular weight is 280 g/mol. The summed E-state index contributed by atoms with van der Waals surface area (Å²) in [5.74, 6) is 0.169.